The Labute approximate surface area is 160 Å². The molecule has 1 aliphatic heterocycles. The zero-order valence-electron chi connectivity index (χ0n) is 15.3. The molecule has 0 radical (unpaired) electrons. The monoisotopic (exact) mass is 381 g/mol. The lowest BCUT2D eigenvalue weighted by Crippen LogP contribution is -2.39. The summed E-state index contributed by atoms with van der Waals surface area (Å²) in [6.07, 6.45) is 3.53. The van der Waals surface area contributed by atoms with E-state index in [1.54, 1.807) is 24.3 Å². The van der Waals surface area contributed by atoms with Crippen molar-refractivity contribution >= 4 is 17.4 Å². The molecular formula is C19H19N5O4. The number of rotatable bonds is 5. The molecule has 1 aliphatic rings. The van der Waals surface area contributed by atoms with Crippen LogP contribution in [-0.2, 0) is 24.3 Å². The number of fused-ring (bicyclic) bond motifs is 1. The molecule has 0 saturated carbocycles. The zero-order chi connectivity index (χ0) is 19.5. The molecule has 1 N–H and O–H groups in total. The minimum absolute atomic E-state index is 0.0497. The number of anilines is 2. The van der Waals surface area contributed by atoms with E-state index in [0.717, 1.165) is 22.8 Å². The van der Waals surface area contributed by atoms with E-state index in [2.05, 4.69) is 15.5 Å². The van der Waals surface area contributed by atoms with Crippen molar-refractivity contribution in [2.24, 2.45) is 0 Å². The Balaban J connectivity index is 1.50. The van der Waals surface area contributed by atoms with Crippen LogP contribution in [0.15, 0.2) is 52.0 Å². The number of amides is 1. The van der Waals surface area contributed by atoms with Gasteiger partial charge in [-0.2, -0.15) is 0 Å². The van der Waals surface area contributed by atoms with Crippen LogP contribution in [-0.4, -0.2) is 39.2 Å². The minimum atomic E-state index is -0.445. The van der Waals surface area contributed by atoms with E-state index in [-0.39, 0.29) is 12.5 Å². The van der Waals surface area contributed by atoms with Gasteiger partial charge in [0.05, 0.1) is 19.2 Å². The normalized spacial score (nSPS) is 13.1. The van der Waals surface area contributed by atoms with E-state index in [4.69, 9.17) is 9.26 Å². The first-order valence-electron chi connectivity index (χ1n) is 8.82. The van der Waals surface area contributed by atoms with Gasteiger partial charge in [0.25, 0.3) is 0 Å². The Morgan fingerprint density at radius 1 is 1.36 bits per heavy atom. The summed E-state index contributed by atoms with van der Waals surface area (Å²) >= 11 is 0. The number of carbonyl (C=O) groups is 1. The van der Waals surface area contributed by atoms with Crippen LogP contribution in [0.3, 0.4) is 0 Å². The zero-order valence-corrected chi connectivity index (χ0v) is 15.3. The Morgan fingerprint density at radius 2 is 2.25 bits per heavy atom. The van der Waals surface area contributed by atoms with Crippen LogP contribution in [0.4, 0.5) is 11.5 Å². The Hall–Kier alpha value is -3.62. The van der Waals surface area contributed by atoms with Crippen molar-refractivity contribution in [3.63, 3.8) is 0 Å². The van der Waals surface area contributed by atoms with Gasteiger partial charge in [-0.05, 0) is 18.2 Å². The molecule has 144 valence electrons. The number of aromatic nitrogens is 3. The fourth-order valence-electron chi connectivity index (χ4n) is 3.11. The lowest BCUT2D eigenvalue weighted by molar-refractivity contribution is -0.132. The number of nitrogens with one attached hydrogen (secondary N) is 1. The third-order valence-electron chi connectivity index (χ3n) is 4.60. The number of ether oxygens (including phenoxy) is 1. The van der Waals surface area contributed by atoms with Gasteiger partial charge in [0.1, 0.15) is 18.1 Å². The van der Waals surface area contributed by atoms with Gasteiger partial charge in [-0.1, -0.05) is 11.2 Å². The van der Waals surface area contributed by atoms with Crippen LogP contribution in [0, 0.1) is 0 Å². The average molecular weight is 381 g/mol. The smallest absolute Gasteiger partial charge is 0.347 e. The molecule has 9 heteroatoms. The van der Waals surface area contributed by atoms with E-state index < -0.39 is 5.69 Å². The van der Waals surface area contributed by atoms with Crippen LogP contribution < -0.4 is 15.7 Å². The lowest BCUT2D eigenvalue weighted by atomic mass is 10.1. The topological polar surface area (TPSA) is 102 Å². The number of methoxy groups -OCH3 is 1. The van der Waals surface area contributed by atoms with Crippen LogP contribution in [0.25, 0.3) is 0 Å². The fourth-order valence-corrected chi connectivity index (χ4v) is 3.11. The maximum atomic E-state index is 12.7. The third kappa shape index (κ3) is 3.59. The predicted octanol–water partition coefficient (Wildman–Crippen LogP) is 1.57. The highest BCUT2D eigenvalue weighted by atomic mass is 16.5. The molecule has 0 bridgehead atoms. The second-order valence-corrected chi connectivity index (χ2v) is 6.39. The molecule has 0 aliphatic carbocycles. The standard InChI is InChI=1S/C19H19N5O4/c1-27-14-5-2-4-13(10-14)21-18-15-11-23(9-6-16(15)28-22-18)17(25)12-24-8-3-7-20-19(24)26/h2-5,7-8,10H,6,9,11-12H2,1H3,(H,21,22). The fraction of sp³-hybridized carbons (Fsp3) is 0.263. The van der Waals surface area contributed by atoms with Crippen molar-refractivity contribution < 1.29 is 14.1 Å². The van der Waals surface area contributed by atoms with Gasteiger partial charge in [-0.25, -0.2) is 9.78 Å². The van der Waals surface area contributed by atoms with Gasteiger partial charge in [-0.15, -0.1) is 0 Å². The first-order valence-corrected chi connectivity index (χ1v) is 8.82. The molecule has 28 heavy (non-hydrogen) atoms. The van der Waals surface area contributed by atoms with Gasteiger partial charge in [0, 0.05) is 37.1 Å². The molecule has 1 amide bonds. The molecule has 9 nitrogen and oxygen atoms in total. The van der Waals surface area contributed by atoms with Gasteiger partial charge in [0.15, 0.2) is 5.82 Å². The largest absolute Gasteiger partial charge is 0.497 e. The van der Waals surface area contributed by atoms with Crippen LogP contribution in [0.2, 0.25) is 0 Å². The number of hydrogen-bond donors (Lipinski definition) is 1. The summed E-state index contributed by atoms with van der Waals surface area (Å²) in [6.45, 7) is 0.819. The summed E-state index contributed by atoms with van der Waals surface area (Å²) in [5.41, 5.74) is 1.20. The average Bonchev–Trinajstić information content (AvgIpc) is 3.12. The maximum Gasteiger partial charge on any atom is 0.347 e. The van der Waals surface area contributed by atoms with Gasteiger partial charge < -0.3 is 19.5 Å². The first kappa shape index (κ1) is 17.8. The number of carbonyl (C=O) groups excluding carboxylic acids is 1. The van der Waals surface area contributed by atoms with Gasteiger partial charge in [0.2, 0.25) is 5.91 Å². The summed E-state index contributed by atoms with van der Waals surface area (Å²) in [5, 5.41) is 7.33. The summed E-state index contributed by atoms with van der Waals surface area (Å²) in [7, 11) is 1.61. The SMILES string of the molecule is COc1cccc(Nc2noc3c2CN(C(=O)Cn2cccnc2=O)CC3)c1. The lowest BCUT2D eigenvalue weighted by Gasteiger charge is -2.26. The van der Waals surface area contributed by atoms with Crippen molar-refractivity contribution in [1.29, 1.82) is 0 Å². The molecule has 0 unspecified atom stereocenters. The highest BCUT2D eigenvalue weighted by Gasteiger charge is 2.27. The molecule has 1 aromatic carbocycles. The van der Waals surface area contributed by atoms with Crippen LogP contribution >= 0.6 is 0 Å². The van der Waals surface area contributed by atoms with E-state index in [1.165, 1.54) is 10.8 Å². The van der Waals surface area contributed by atoms with Crippen molar-refractivity contribution in [2.75, 3.05) is 19.0 Å². The van der Waals surface area contributed by atoms with Crippen LogP contribution in [0.5, 0.6) is 5.75 Å². The molecule has 4 rings (SSSR count). The van der Waals surface area contributed by atoms with Crippen molar-refractivity contribution in [3.8, 4) is 5.75 Å². The summed E-state index contributed by atoms with van der Waals surface area (Å²) < 4.78 is 12.0. The van der Waals surface area contributed by atoms with E-state index in [9.17, 15) is 9.59 Å². The highest BCUT2D eigenvalue weighted by molar-refractivity contribution is 5.76. The summed E-state index contributed by atoms with van der Waals surface area (Å²) in [5.74, 6) is 1.89. The van der Waals surface area contributed by atoms with Crippen LogP contribution in [0.1, 0.15) is 11.3 Å². The van der Waals surface area contributed by atoms with E-state index in [1.807, 2.05) is 24.3 Å². The maximum absolute atomic E-state index is 12.7. The van der Waals surface area contributed by atoms with Crippen molar-refractivity contribution in [3.05, 3.63) is 64.5 Å². The number of benzene rings is 1. The van der Waals surface area contributed by atoms with Crippen molar-refractivity contribution in [2.45, 2.75) is 19.5 Å². The molecule has 0 fully saturated rings. The minimum Gasteiger partial charge on any atom is -0.497 e. The molecular weight excluding hydrogens is 362 g/mol. The van der Waals surface area contributed by atoms with Crippen molar-refractivity contribution in [1.82, 2.24) is 19.6 Å². The molecule has 0 atom stereocenters. The Kier molecular flexibility index (Phi) is 4.79. The van der Waals surface area contributed by atoms with E-state index >= 15 is 0 Å². The second kappa shape index (κ2) is 7.55. The highest BCUT2D eigenvalue weighted by Crippen LogP contribution is 2.29. The summed E-state index contributed by atoms with van der Waals surface area (Å²) in [4.78, 5) is 29.8. The Morgan fingerprint density at radius 3 is 3.07 bits per heavy atom. The molecule has 3 heterocycles. The molecule has 0 saturated heterocycles. The summed E-state index contributed by atoms with van der Waals surface area (Å²) in [6, 6.07) is 9.09. The molecule has 3 aromatic rings. The van der Waals surface area contributed by atoms with Gasteiger partial charge in [-0.3, -0.25) is 9.36 Å². The van der Waals surface area contributed by atoms with E-state index in [0.29, 0.717) is 25.3 Å². The third-order valence-corrected chi connectivity index (χ3v) is 4.60. The predicted molar refractivity (Wildman–Crippen MR) is 100 cm³/mol. The number of nitrogens with zero attached hydrogens (tertiary/aromatic N) is 4. The Bertz CT molecular complexity index is 1060. The van der Waals surface area contributed by atoms with Gasteiger partial charge >= 0.3 is 5.69 Å². The second-order valence-electron chi connectivity index (χ2n) is 6.39. The molecule has 2 aromatic heterocycles. The first-order chi connectivity index (χ1) is 13.6. The quantitative estimate of drug-likeness (QED) is 0.715. The number of hydrogen-bond acceptors (Lipinski definition) is 7. The molecule has 0 spiro atoms.